The topological polar surface area (TPSA) is 82.1 Å². The second kappa shape index (κ2) is 9.57. The van der Waals surface area contributed by atoms with Crippen LogP contribution in [-0.2, 0) is 14.3 Å². The van der Waals surface area contributed by atoms with Gasteiger partial charge in [0.05, 0.1) is 17.7 Å². The molecule has 0 bridgehead atoms. The molecular formula is C15H16Br2O6. The highest BCUT2D eigenvalue weighted by atomic mass is 79.9. The lowest BCUT2D eigenvalue weighted by Crippen LogP contribution is -2.15. The van der Waals surface area contributed by atoms with Crippen molar-refractivity contribution in [2.75, 3.05) is 19.8 Å². The Bertz CT molecular complexity index is 612. The Morgan fingerprint density at radius 3 is 2.43 bits per heavy atom. The smallest absolute Gasteiger partial charge is 0.344 e. The van der Waals surface area contributed by atoms with Gasteiger partial charge in [-0.05, 0) is 63.4 Å². The number of carbonyl (C=O) groups is 2. The number of benzene rings is 1. The van der Waals surface area contributed by atoms with E-state index < -0.39 is 11.9 Å². The van der Waals surface area contributed by atoms with E-state index in [0.29, 0.717) is 32.6 Å². The van der Waals surface area contributed by atoms with Crippen LogP contribution in [0.4, 0.5) is 0 Å². The Balaban J connectivity index is 3.16. The molecule has 1 aromatic carbocycles. The largest absolute Gasteiger partial charge is 0.490 e. The molecule has 0 saturated carbocycles. The van der Waals surface area contributed by atoms with Gasteiger partial charge in [-0.15, -0.1) is 0 Å². The van der Waals surface area contributed by atoms with Crippen LogP contribution in [0.5, 0.6) is 11.5 Å². The lowest BCUT2D eigenvalue weighted by Gasteiger charge is -2.16. The van der Waals surface area contributed by atoms with Gasteiger partial charge in [-0.2, -0.15) is 0 Å². The van der Waals surface area contributed by atoms with E-state index in [2.05, 4.69) is 31.9 Å². The number of carbonyl (C=O) groups excluding carboxylic acids is 1. The van der Waals surface area contributed by atoms with Crippen molar-refractivity contribution in [2.24, 2.45) is 0 Å². The molecule has 126 valence electrons. The van der Waals surface area contributed by atoms with Crippen molar-refractivity contribution in [1.29, 1.82) is 0 Å². The number of esters is 1. The zero-order valence-corrected chi connectivity index (χ0v) is 15.8. The van der Waals surface area contributed by atoms with Gasteiger partial charge in [0.2, 0.25) is 0 Å². The van der Waals surface area contributed by atoms with Gasteiger partial charge in [-0.1, -0.05) is 0 Å². The molecule has 6 nitrogen and oxygen atoms in total. The zero-order valence-electron chi connectivity index (χ0n) is 12.6. The predicted molar refractivity (Wildman–Crippen MR) is 91.8 cm³/mol. The molecule has 0 aliphatic rings. The number of carboxylic acids is 1. The highest BCUT2D eigenvalue weighted by Gasteiger charge is 2.18. The minimum atomic E-state index is -1.06. The van der Waals surface area contributed by atoms with E-state index >= 15 is 0 Å². The minimum Gasteiger partial charge on any atom is -0.490 e. The summed E-state index contributed by atoms with van der Waals surface area (Å²) in [5.41, 5.74) is 0.589. The molecule has 0 aromatic heterocycles. The van der Waals surface area contributed by atoms with Crippen molar-refractivity contribution in [3.8, 4) is 11.5 Å². The van der Waals surface area contributed by atoms with Gasteiger partial charge in [-0.25, -0.2) is 9.59 Å². The third-order valence-electron chi connectivity index (χ3n) is 2.50. The average Bonchev–Trinajstić information content (AvgIpc) is 2.49. The molecule has 0 spiro atoms. The summed E-state index contributed by atoms with van der Waals surface area (Å²) in [5.74, 6) is -0.836. The van der Waals surface area contributed by atoms with Gasteiger partial charge in [0.25, 0.3) is 0 Å². The Morgan fingerprint density at radius 1 is 1.17 bits per heavy atom. The summed E-state index contributed by atoms with van der Waals surface area (Å²) < 4.78 is 16.9. The van der Waals surface area contributed by atoms with Gasteiger partial charge < -0.3 is 19.3 Å². The van der Waals surface area contributed by atoms with Crippen molar-refractivity contribution in [1.82, 2.24) is 0 Å². The third-order valence-corrected chi connectivity index (χ3v) is 4.64. The standard InChI is InChI=1S/C15H16Br2O6/c1-3-21-10-7-9(5-6-11(18)19)13(16)14(17)15(10)23-8-12(20)22-4-2/h5-7H,3-4,8H2,1-2H3,(H,18,19). The number of hydrogen-bond donors (Lipinski definition) is 1. The third kappa shape index (κ3) is 5.87. The Labute approximate surface area is 150 Å². The normalized spacial score (nSPS) is 10.6. The highest BCUT2D eigenvalue weighted by Crippen LogP contribution is 2.43. The molecule has 0 fully saturated rings. The van der Waals surface area contributed by atoms with Crippen molar-refractivity contribution in [3.05, 3.63) is 26.7 Å². The van der Waals surface area contributed by atoms with Gasteiger partial charge in [0, 0.05) is 10.5 Å². The Morgan fingerprint density at radius 2 is 1.87 bits per heavy atom. The van der Waals surface area contributed by atoms with Crippen LogP contribution in [0.15, 0.2) is 21.1 Å². The number of rotatable bonds is 8. The molecule has 1 N–H and O–H groups in total. The zero-order chi connectivity index (χ0) is 17.4. The summed E-state index contributed by atoms with van der Waals surface area (Å²) in [6.07, 6.45) is 2.44. The summed E-state index contributed by atoms with van der Waals surface area (Å²) in [6, 6.07) is 1.62. The molecule has 0 aliphatic heterocycles. The SMILES string of the molecule is CCOC(=O)COc1c(OCC)cc(C=CC(=O)O)c(Br)c1Br. The first kappa shape index (κ1) is 19.5. The second-order valence-corrected chi connectivity index (χ2v) is 5.71. The van der Waals surface area contributed by atoms with E-state index in [-0.39, 0.29) is 13.2 Å². The van der Waals surface area contributed by atoms with Crippen molar-refractivity contribution in [2.45, 2.75) is 13.8 Å². The summed E-state index contributed by atoms with van der Waals surface area (Å²) in [7, 11) is 0. The molecule has 0 heterocycles. The number of ether oxygens (including phenoxy) is 3. The van der Waals surface area contributed by atoms with E-state index in [1.54, 1.807) is 19.9 Å². The average molecular weight is 452 g/mol. The molecule has 1 aromatic rings. The van der Waals surface area contributed by atoms with Crippen LogP contribution in [-0.4, -0.2) is 36.9 Å². The van der Waals surface area contributed by atoms with Gasteiger partial charge in [-0.3, -0.25) is 0 Å². The van der Waals surface area contributed by atoms with Crippen molar-refractivity contribution >= 4 is 49.9 Å². The molecule has 23 heavy (non-hydrogen) atoms. The maximum Gasteiger partial charge on any atom is 0.344 e. The maximum atomic E-state index is 11.4. The van der Waals surface area contributed by atoms with Crippen LogP contribution in [0.1, 0.15) is 19.4 Å². The molecule has 0 atom stereocenters. The first-order valence-electron chi connectivity index (χ1n) is 6.74. The number of hydrogen-bond acceptors (Lipinski definition) is 5. The van der Waals surface area contributed by atoms with E-state index in [4.69, 9.17) is 19.3 Å². The quantitative estimate of drug-likeness (QED) is 0.479. The summed E-state index contributed by atoms with van der Waals surface area (Å²) in [6.45, 7) is 3.90. The molecule has 0 unspecified atom stereocenters. The fraction of sp³-hybridized carbons (Fsp3) is 0.333. The molecule has 0 amide bonds. The number of aliphatic carboxylic acids is 1. The van der Waals surface area contributed by atoms with Crippen LogP contribution in [0.25, 0.3) is 6.08 Å². The molecule has 0 saturated heterocycles. The van der Waals surface area contributed by atoms with Gasteiger partial charge >= 0.3 is 11.9 Å². The summed E-state index contributed by atoms with van der Waals surface area (Å²) in [5, 5.41) is 8.74. The molecule has 1 rings (SSSR count). The van der Waals surface area contributed by atoms with E-state index in [9.17, 15) is 9.59 Å². The molecular weight excluding hydrogens is 436 g/mol. The molecule has 0 radical (unpaired) electrons. The van der Waals surface area contributed by atoms with Crippen LogP contribution in [0, 0.1) is 0 Å². The van der Waals surface area contributed by atoms with Gasteiger partial charge in [0.1, 0.15) is 0 Å². The molecule has 0 aliphatic carbocycles. The Kier molecular flexibility index (Phi) is 8.11. The Hall–Kier alpha value is -1.54. The van der Waals surface area contributed by atoms with Crippen LogP contribution >= 0.6 is 31.9 Å². The minimum absolute atomic E-state index is 0.261. The first-order chi connectivity index (χ1) is 10.9. The summed E-state index contributed by atoms with van der Waals surface area (Å²) >= 11 is 6.72. The fourth-order valence-electron chi connectivity index (χ4n) is 1.62. The number of carboxylic acid groups (broad SMARTS) is 1. The van der Waals surface area contributed by atoms with E-state index in [1.807, 2.05) is 0 Å². The fourth-order valence-corrected chi connectivity index (χ4v) is 2.58. The lowest BCUT2D eigenvalue weighted by atomic mass is 10.2. The second-order valence-electron chi connectivity index (χ2n) is 4.12. The highest BCUT2D eigenvalue weighted by molar-refractivity contribution is 9.13. The first-order valence-corrected chi connectivity index (χ1v) is 8.33. The predicted octanol–water partition coefficient (Wildman–Crippen LogP) is 3.65. The van der Waals surface area contributed by atoms with Crippen LogP contribution in [0.2, 0.25) is 0 Å². The monoisotopic (exact) mass is 450 g/mol. The van der Waals surface area contributed by atoms with Crippen molar-refractivity contribution < 1.29 is 28.9 Å². The van der Waals surface area contributed by atoms with Crippen molar-refractivity contribution in [3.63, 3.8) is 0 Å². The van der Waals surface area contributed by atoms with E-state index in [0.717, 1.165) is 6.08 Å². The van der Waals surface area contributed by atoms with Crippen LogP contribution in [0.3, 0.4) is 0 Å². The van der Waals surface area contributed by atoms with Gasteiger partial charge in [0.15, 0.2) is 18.1 Å². The lowest BCUT2D eigenvalue weighted by molar-refractivity contribution is -0.145. The maximum absolute atomic E-state index is 11.4. The van der Waals surface area contributed by atoms with E-state index in [1.165, 1.54) is 6.08 Å². The molecule has 8 heteroatoms. The van der Waals surface area contributed by atoms with Crippen LogP contribution < -0.4 is 9.47 Å². The summed E-state index contributed by atoms with van der Waals surface area (Å²) in [4.78, 5) is 22.1. The number of halogens is 2.